The van der Waals surface area contributed by atoms with Gasteiger partial charge in [0.05, 0.1) is 6.61 Å². The van der Waals surface area contributed by atoms with Crippen molar-refractivity contribution in [1.82, 2.24) is 5.32 Å². The molecule has 0 saturated heterocycles. The van der Waals surface area contributed by atoms with E-state index >= 15 is 0 Å². The highest BCUT2D eigenvalue weighted by Gasteiger charge is 2.16. The lowest BCUT2D eigenvalue weighted by Crippen LogP contribution is -2.16. The maximum Gasteiger partial charge on any atom is 0.127 e. The molecule has 1 N–H and O–H groups in total. The van der Waals surface area contributed by atoms with Crippen LogP contribution in [-0.4, -0.2) is 19.0 Å². The summed E-state index contributed by atoms with van der Waals surface area (Å²) in [5, 5.41) is 4.02. The summed E-state index contributed by atoms with van der Waals surface area (Å²) in [7, 11) is 0. The van der Waals surface area contributed by atoms with Crippen LogP contribution in [0.15, 0.2) is 12.1 Å². The van der Waals surface area contributed by atoms with Crippen molar-refractivity contribution in [3.63, 3.8) is 0 Å². The van der Waals surface area contributed by atoms with Gasteiger partial charge < -0.3 is 10.1 Å². The Morgan fingerprint density at radius 1 is 1.40 bits per heavy atom. The summed E-state index contributed by atoms with van der Waals surface area (Å²) in [5.74, 6) is 1.62. The molecule has 15 heavy (non-hydrogen) atoms. The molecule has 0 unspecified atom stereocenters. The lowest BCUT2D eigenvalue weighted by Gasteiger charge is -2.09. The third kappa shape index (κ3) is 2.57. The molecular formula is C11H13Cl2NO. The Labute approximate surface area is 99.5 Å². The van der Waals surface area contributed by atoms with E-state index in [0.717, 1.165) is 42.5 Å². The average Bonchev–Trinajstić information content (AvgIpc) is 2.65. The van der Waals surface area contributed by atoms with Crippen molar-refractivity contribution in [2.24, 2.45) is 0 Å². The van der Waals surface area contributed by atoms with E-state index in [4.69, 9.17) is 27.9 Å². The van der Waals surface area contributed by atoms with E-state index in [0.29, 0.717) is 5.88 Å². The normalized spacial score (nSPS) is 13.7. The standard InChI is InChI=1S/C11H13Cl2NO/c12-2-3-14-7-9-6-10(13)5-8-1-4-15-11(8)9/h5-6,14H,1-4,7H2. The summed E-state index contributed by atoms with van der Waals surface area (Å²) in [6.07, 6.45) is 0.957. The molecule has 0 bridgehead atoms. The van der Waals surface area contributed by atoms with Gasteiger partial charge in [0.1, 0.15) is 5.75 Å². The Balaban J connectivity index is 2.15. The van der Waals surface area contributed by atoms with Crippen molar-refractivity contribution in [2.45, 2.75) is 13.0 Å². The highest BCUT2D eigenvalue weighted by atomic mass is 35.5. The van der Waals surface area contributed by atoms with Gasteiger partial charge in [-0.15, -0.1) is 11.6 Å². The topological polar surface area (TPSA) is 21.3 Å². The Morgan fingerprint density at radius 3 is 3.07 bits per heavy atom. The van der Waals surface area contributed by atoms with Crippen molar-refractivity contribution < 1.29 is 4.74 Å². The molecule has 2 nitrogen and oxygen atoms in total. The number of fused-ring (bicyclic) bond motifs is 1. The van der Waals surface area contributed by atoms with Crippen LogP contribution < -0.4 is 10.1 Å². The number of rotatable bonds is 4. The minimum Gasteiger partial charge on any atom is -0.493 e. The number of nitrogens with one attached hydrogen (secondary N) is 1. The van der Waals surface area contributed by atoms with Crippen LogP contribution >= 0.6 is 23.2 Å². The van der Waals surface area contributed by atoms with E-state index in [1.54, 1.807) is 0 Å². The first kappa shape index (κ1) is 11.1. The molecule has 1 aromatic carbocycles. The Morgan fingerprint density at radius 2 is 2.27 bits per heavy atom. The van der Waals surface area contributed by atoms with Crippen LogP contribution in [0.4, 0.5) is 0 Å². The maximum absolute atomic E-state index is 6.03. The largest absolute Gasteiger partial charge is 0.493 e. The lowest BCUT2D eigenvalue weighted by molar-refractivity contribution is 0.352. The first-order chi connectivity index (χ1) is 7.31. The summed E-state index contributed by atoms with van der Waals surface area (Å²) >= 11 is 11.6. The fourth-order valence-corrected chi connectivity index (χ4v) is 2.16. The van der Waals surface area contributed by atoms with Gasteiger partial charge in [-0.25, -0.2) is 0 Å². The van der Waals surface area contributed by atoms with Gasteiger partial charge in [-0.3, -0.25) is 0 Å². The highest BCUT2D eigenvalue weighted by molar-refractivity contribution is 6.30. The zero-order chi connectivity index (χ0) is 10.7. The Bertz CT molecular complexity index is 355. The van der Waals surface area contributed by atoms with E-state index in [2.05, 4.69) is 5.32 Å². The van der Waals surface area contributed by atoms with Gasteiger partial charge >= 0.3 is 0 Å². The molecule has 1 aliphatic rings. The molecule has 0 atom stereocenters. The molecule has 82 valence electrons. The van der Waals surface area contributed by atoms with E-state index in [9.17, 15) is 0 Å². The lowest BCUT2D eigenvalue weighted by atomic mass is 10.1. The molecule has 0 amide bonds. The summed E-state index contributed by atoms with van der Waals surface area (Å²) < 4.78 is 5.58. The molecule has 1 aromatic rings. The van der Waals surface area contributed by atoms with Crippen molar-refractivity contribution in [3.8, 4) is 5.75 Å². The number of hydrogen-bond acceptors (Lipinski definition) is 2. The summed E-state index contributed by atoms with van der Waals surface area (Å²) in [6.45, 7) is 2.32. The first-order valence-corrected chi connectivity index (χ1v) is 5.93. The van der Waals surface area contributed by atoms with Crippen molar-refractivity contribution in [2.75, 3.05) is 19.0 Å². The van der Waals surface area contributed by atoms with Gasteiger partial charge in [0.15, 0.2) is 0 Å². The van der Waals surface area contributed by atoms with Crippen molar-refractivity contribution in [3.05, 3.63) is 28.3 Å². The third-order valence-corrected chi connectivity index (χ3v) is 2.82. The first-order valence-electron chi connectivity index (χ1n) is 5.02. The van der Waals surface area contributed by atoms with Gasteiger partial charge in [-0.2, -0.15) is 0 Å². The van der Waals surface area contributed by atoms with E-state index in [-0.39, 0.29) is 0 Å². The minimum absolute atomic E-state index is 0.615. The number of halogens is 2. The van der Waals surface area contributed by atoms with E-state index < -0.39 is 0 Å². The zero-order valence-corrected chi connectivity index (χ0v) is 9.87. The fourth-order valence-electron chi connectivity index (χ4n) is 1.77. The Kier molecular flexibility index (Phi) is 3.73. The second-order valence-corrected chi connectivity index (χ2v) is 4.33. The number of hydrogen-bond donors (Lipinski definition) is 1. The van der Waals surface area contributed by atoms with E-state index in [1.807, 2.05) is 12.1 Å². The van der Waals surface area contributed by atoms with E-state index in [1.165, 1.54) is 5.56 Å². The van der Waals surface area contributed by atoms with Crippen molar-refractivity contribution in [1.29, 1.82) is 0 Å². The van der Waals surface area contributed by atoms with Gasteiger partial charge in [-0.05, 0) is 17.7 Å². The highest BCUT2D eigenvalue weighted by Crippen LogP contribution is 2.32. The smallest absolute Gasteiger partial charge is 0.127 e. The summed E-state index contributed by atoms with van der Waals surface area (Å²) in [6, 6.07) is 3.93. The molecule has 0 spiro atoms. The molecule has 0 saturated carbocycles. The van der Waals surface area contributed by atoms with Crippen molar-refractivity contribution >= 4 is 23.2 Å². The predicted molar refractivity (Wildman–Crippen MR) is 63.1 cm³/mol. The van der Waals surface area contributed by atoms with Gasteiger partial charge in [0.25, 0.3) is 0 Å². The molecule has 0 fully saturated rings. The molecular weight excluding hydrogens is 233 g/mol. The summed E-state index contributed by atoms with van der Waals surface area (Å²) in [4.78, 5) is 0. The fraction of sp³-hybridized carbons (Fsp3) is 0.455. The predicted octanol–water partition coefficient (Wildman–Crippen LogP) is 2.60. The molecule has 0 radical (unpaired) electrons. The second kappa shape index (κ2) is 5.06. The summed E-state index contributed by atoms with van der Waals surface area (Å²) in [5.41, 5.74) is 2.34. The molecule has 4 heteroatoms. The maximum atomic E-state index is 6.03. The van der Waals surface area contributed by atoms with Crippen LogP contribution in [0.25, 0.3) is 0 Å². The molecule has 0 aliphatic carbocycles. The van der Waals surface area contributed by atoms with Crippen LogP contribution in [0.5, 0.6) is 5.75 Å². The quantitative estimate of drug-likeness (QED) is 0.651. The number of ether oxygens (including phenoxy) is 1. The minimum atomic E-state index is 0.615. The molecule has 0 aromatic heterocycles. The third-order valence-electron chi connectivity index (χ3n) is 2.41. The van der Waals surface area contributed by atoms with Crippen LogP contribution in [0.1, 0.15) is 11.1 Å². The van der Waals surface area contributed by atoms with Crippen LogP contribution in [-0.2, 0) is 13.0 Å². The monoisotopic (exact) mass is 245 g/mol. The average molecular weight is 246 g/mol. The van der Waals surface area contributed by atoms with Gasteiger partial charge in [0.2, 0.25) is 0 Å². The number of alkyl halides is 1. The van der Waals surface area contributed by atoms with Crippen LogP contribution in [0.3, 0.4) is 0 Å². The van der Waals surface area contributed by atoms with Gasteiger partial charge in [0, 0.05) is 36.0 Å². The van der Waals surface area contributed by atoms with Gasteiger partial charge in [-0.1, -0.05) is 11.6 Å². The molecule has 1 aliphatic heterocycles. The SMILES string of the molecule is ClCCNCc1cc(Cl)cc2c1OCC2. The second-order valence-electron chi connectivity index (χ2n) is 3.52. The van der Waals surface area contributed by atoms with Crippen LogP contribution in [0, 0.1) is 0 Å². The Hall–Kier alpha value is -0.440. The zero-order valence-electron chi connectivity index (χ0n) is 8.35. The van der Waals surface area contributed by atoms with Crippen LogP contribution in [0.2, 0.25) is 5.02 Å². The number of benzene rings is 1. The molecule has 2 rings (SSSR count). The molecule has 1 heterocycles.